The van der Waals surface area contributed by atoms with Crippen molar-refractivity contribution < 1.29 is 19.4 Å². The fourth-order valence-corrected chi connectivity index (χ4v) is 1.22. The van der Waals surface area contributed by atoms with Gasteiger partial charge in [-0.05, 0) is 19.1 Å². The smallest absolute Gasteiger partial charge is 0.337 e. The van der Waals surface area contributed by atoms with E-state index in [-0.39, 0.29) is 17.0 Å². The van der Waals surface area contributed by atoms with Crippen LogP contribution in [0.5, 0.6) is 11.5 Å². The Bertz CT molecular complexity index is 376. The Hall–Kier alpha value is -1.91. The van der Waals surface area contributed by atoms with Crippen molar-refractivity contribution in [3.8, 4) is 11.5 Å². The summed E-state index contributed by atoms with van der Waals surface area (Å²) in [4.78, 5) is 10.8. The molecule has 0 aromatic heterocycles. The number of hydrogen-bond acceptors (Lipinski definition) is 4. The average molecular weight is 211 g/mol. The highest BCUT2D eigenvalue weighted by molar-refractivity contribution is 5.96. The van der Waals surface area contributed by atoms with E-state index < -0.39 is 5.97 Å². The van der Waals surface area contributed by atoms with E-state index in [1.165, 1.54) is 19.2 Å². The van der Waals surface area contributed by atoms with Crippen molar-refractivity contribution in [1.29, 1.82) is 0 Å². The Labute approximate surface area is 87.4 Å². The molecule has 15 heavy (non-hydrogen) atoms. The van der Waals surface area contributed by atoms with Crippen LogP contribution in [-0.2, 0) is 0 Å². The molecule has 1 rings (SSSR count). The Balaban J connectivity index is 3.28. The molecule has 0 aliphatic carbocycles. The summed E-state index contributed by atoms with van der Waals surface area (Å²) in [5, 5.41) is 8.85. The molecule has 0 radical (unpaired) electrons. The van der Waals surface area contributed by atoms with Crippen LogP contribution in [-0.4, -0.2) is 24.8 Å². The van der Waals surface area contributed by atoms with Gasteiger partial charge < -0.3 is 20.3 Å². The van der Waals surface area contributed by atoms with Crippen molar-refractivity contribution in [2.45, 2.75) is 6.92 Å². The Morgan fingerprint density at radius 2 is 2.20 bits per heavy atom. The van der Waals surface area contributed by atoms with Gasteiger partial charge in [-0.15, -0.1) is 0 Å². The van der Waals surface area contributed by atoms with Gasteiger partial charge in [-0.2, -0.15) is 0 Å². The fourth-order valence-electron chi connectivity index (χ4n) is 1.22. The summed E-state index contributed by atoms with van der Waals surface area (Å²) >= 11 is 0. The van der Waals surface area contributed by atoms with Crippen LogP contribution in [0, 0.1) is 0 Å². The molecule has 1 aromatic carbocycles. The molecule has 0 spiro atoms. The Morgan fingerprint density at radius 3 is 2.67 bits per heavy atom. The maximum Gasteiger partial charge on any atom is 0.337 e. The molecule has 0 saturated carbocycles. The van der Waals surface area contributed by atoms with Crippen LogP contribution in [0.2, 0.25) is 0 Å². The van der Waals surface area contributed by atoms with E-state index in [4.69, 9.17) is 20.3 Å². The second-order valence-corrected chi connectivity index (χ2v) is 2.80. The third-order valence-electron chi connectivity index (χ3n) is 1.90. The van der Waals surface area contributed by atoms with Gasteiger partial charge in [0.25, 0.3) is 0 Å². The lowest BCUT2D eigenvalue weighted by Gasteiger charge is -2.13. The normalized spacial score (nSPS) is 9.73. The van der Waals surface area contributed by atoms with Crippen molar-refractivity contribution >= 4 is 11.7 Å². The number of nitrogens with two attached hydrogens (primary N) is 1. The molecule has 0 bridgehead atoms. The zero-order chi connectivity index (χ0) is 11.4. The fraction of sp³-hybridized carbons (Fsp3) is 0.300. The van der Waals surface area contributed by atoms with Crippen LogP contribution in [0.3, 0.4) is 0 Å². The van der Waals surface area contributed by atoms with Gasteiger partial charge in [-0.25, -0.2) is 4.79 Å². The first-order chi connectivity index (χ1) is 7.11. The number of benzene rings is 1. The SMILES string of the molecule is CCOc1c(OC)ccc(C(=O)O)c1N. The monoisotopic (exact) mass is 211 g/mol. The number of carbonyl (C=O) groups is 1. The molecular weight excluding hydrogens is 198 g/mol. The minimum atomic E-state index is -1.09. The number of methoxy groups -OCH3 is 1. The van der Waals surface area contributed by atoms with Gasteiger partial charge in [0.05, 0.1) is 25.0 Å². The second kappa shape index (κ2) is 4.54. The van der Waals surface area contributed by atoms with Crippen molar-refractivity contribution in [3.05, 3.63) is 17.7 Å². The molecule has 0 aliphatic rings. The first-order valence-electron chi connectivity index (χ1n) is 4.44. The number of anilines is 1. The van der Waals surface area contributed by atoms with Gasteiger partial charge in [0.15, 0.2) is 11.5 Å². The van der Waals surface area contributed by atoms with Gasteiger partial charge in [-0.1, -0.05) is 0 Å². The molecule has 5 nitrogen and oxygen atoms in total. The van der Waals surface area contributed by atoms with Crippen LogP contribution in [0.15, 0.2) is 12.1 Å². The molecule has 5 heteroatoms. The van der Waals surface area contributed by atoms with E-state index in [1.807, 2.05) is 0 Å². The summed E-state index contributed by atoms with van der Waals surface area (Å²) in [6.07, 6.45) is 0. The van der Waals surface area contributed by atoms with Crippen LogP contribution in [0.4, 0.5) is 5.69 Å². The summed E-state index contributed by atoms with van der Waals surface area (Å²) in [5.41, 5.74) is 5.76. The topological polar surface area (TPSA) is 81.8 Å². The summed E-state index contributed by atoms with van der Waals surface area (Å²) in [5.74, 6) is -0.379. The lowest BCUT2D eigenvalue weighted by atomic mass is 10.1. The van der Waals surface area contributed by atoms with Gasteiger partial charge in [-0.3, -0.25) is 0 Å². The summed E-state index contributed by atoms with van der Waals surface area (Å²) in [7, 11) is 1.47. The molecule has 0 aliphatic heterocycles. The number of nitrogen functional groups attached to an aromatic ring is 1. The highest BCUT2D eigenvalue weighted by Gasteiger charge is 2.16. The first kappa shape index (κ1) is 11.2. The molecular formula is C10H13NO4. The minimum absolute atomic E-state index is 0.0132. The maximum atomic E-state index is 10.8. The van der Waals surface area contributed by atoms with Crippen molar-refractivity contribution in [2.24, 2.45) is 0 Å². The number of rotatable bonds is 4. The third-order valence-corrected chi connectivity index (χ3v) is 1.90. The molecule has 1 aromatic rings. The Kier molecular flexibility index (Phi) is 3.38. The third kappa shape index (κ3) is 2.12. The summed E-state index contributed by atoms with van der Waals surface area (Å²) in [6.45, 7) is 2.18. The zero-order valence-corrected chi connectivity index (χ0v) is 8.61. The maximum absolute atomic E-state index is 10.8. The number of carboxylic acids is 1. The van der Waals surface area contributed by atoms with Crippen LogP contribution in [0.25, 0.3) is 0 Å². The van der Waals surface area contributed by atoms with E-state index in [9.17, 15) is 4.79 Å². The summed E-state index contributed by atoms with van der Waals surface area (Å²) in [6, 6.07) is 2.91. The van der Waals surface area contributed by atoms with Crippen molar-refractivity contribution in [1.82, 2.24) is 0 Å². The van der Waals surface area contributed by atoms with Gasteiger partial charge in [0, 0.05) is 0 Å². The van der Waals surface area contributed by atoms with Crippen LogP contribution < -0.4 is 15.2 Å². The predicted molar refractivity (Wildman–Crippen MR) is 55.5 cm³/mol. The molecule has 82 valence electrons. The number of ether oxygens (including phenoxy) is 2. The highest BCUT2D eigenvalue weighted by Crippen LogP contribution is 2.35. The quantitative estimate of drug-likeness (QED) is 0.735. The van der Waals surface area contributed by atoms with Crippen molar-refractivity contribution in [3.63, 3.8) is 0 Å². The summed E-state index contributed by atoms with van der Waals surface area (Å²) < 4.78 is 10.3. The first-order valence-corrected chi connectivity index (χ1v) is 4.44. The minimum Gasteiger partial charge on any atom is -0.493 e. The van der Waals surface area contributed by atoms with E-state index in [0.29, 0.717) is 12.4 Å². The average Bonchev–Trinajstić information content (AvgIpc) is 2.20. The largest absolute Gasteiger partial charge is 0.493 e. The van der Waals surface area contributed by atoms with Crippen molar-refractivity contribution in [2.75, 3.05) is 19.5 Å². The molecule has 0 unspecified atom stereocenters. The molecule has 0 heterocycles. The van der Waals surface area contributed by atoms with Gasteiger partial charge >= 0.3 is 5.97 Å². The zero-order valence-electron chi connectivity index (χ0n) is 8.61. The second-order valence-electron chi connectivity index (χ2n) is 2.80. The van der Waals surface area contributed by atoms with E-state index in [1.54, 1.807) is 6.92 Å². The van der Waals surface area contributed by atoms with Gasteiger partial charge in [0.1, 0.15) is 0 Å². The van der Waals surface area contributed by atoms with E-state index >= 15 is 0 Å². The van der Waals surface area contributed by atoms with Crippen LogP contribution >= 0.6 is 0 Å². The lowest BCUT2D eigenvalue weighted by molar-refractivity contribution is 0.0697. The van der Waals surface area contributed by atoms with E-state index in [0.717, 1.165) is 0 Å². The standard InChI is InChI=1S/C10H13NO4/c1-3-15-9-7(14-2)5-4-6(8(9)11)10(12)13/h4-5H,3,11H2,1-2H3,(H,12,13). The highest BCUT2D eigenvalue weighted by atomic mass is 16.5. The number of aromatic carboxylic acids is 1. The van der Waals surface area contributed by atoms with Gasteiger partial charge in [0.2, 0.25) is 0 Å². The Morgan fingerprint density at radius 1 is 1.53 bits per heavy atom. The molecule has 0 saturated heterocycles. The van der Waals surface area contributed by atoms with Crippen LogP contribution in [0.1, 0.15) is 17.3 Å². The predicted octanol–water partition coefficient (Wildman–Crippen LogP) is 1.37. The molecule has 0 fully saturated rings. The number of hydrogen-bond donors (Lipinski definition) is 2. The number of carboxylic acid groups (broad SMARTS) is 1. The lowest BCUT2D eigenvalue weighted by Crippen LogP contribution is -2.06. The molecule has 3 N–H and O–H groups in total. The van der Waals surface area contributed by atoms with E-state index in [2.05, 4.69) is 0 Å². The molecule has 0 amide bonds. The molecule has 0 atom stereocenters.